The van der Waals surface area contributed by atoms with Crippen LogP contribution >= 0.6 is 0 Å². The zero-order valence-corrected chi connectivity index (χ0v) is 13.6. The molecule has 0 aliphatic heterocycles. The standard InChI is InChI=1S/C17H14F4N4O/c1-2-6-25-9-10-7-14(11(18)8-13(10)24-25)23-16(26)12-4-3-5-15(22-12)17(19,20)21/h3-5,7-9H,2,6H2,1H3,(H,23,26). The summed E-state index contributed by atoms with van der Waals surface area (Å²) >= 11 is 0. The molecule has 5 nitrogen and oxygen atoms in total. The third-order valence-corrected chi connectivity index (χ3v) is 3.61. The molecule has 136 valence electrons. The van der Waals surface area contributed by atoms with Gasteiger partial charge in [0, 0.05) is 24.2 Å². The average molecular weight is 366 g/mol. The molecule has 3 aromatic rings. The number of benzene rings is 1. The Labute approximate surface area is 145 Å². The summed E-state index contributed by atoms with van der Waals surface area (Å²) in [5, 5.41) is 7.07. The Kier molecular flexibility index (Phi) is 4.62. The number of carbonyl (C=O) groups is 1. The predicted octanol–water partition coefficient (Wildman–Crippen LogP) is 4.25. The number of halogens is 4. The second kappa shape index (κ2) is 6.74. The first-order valence-electron chi connectivity index (χ1n) is 7.80. The van der Waals surface area contributed by atoms with E-state index in [2.05, 4.69) is 15.4 Å². The monoisotopic (exact) mass is 366 g/mol. The number of fused-ring (bicyclic) bond motifs is 1. The zero-order valence-electron chi connectivity index (χ0n) is 13.6. The van der Waals surface area contributed by atoms with Crippen LogP contribution in [-0.2, 0) is 12.7 Å². The van der Waals surface area contributed by atoms with Gasteiger partial charge in [0.25, 0.3) is 5.91 Å². The van der Waals surface area contributed by atoms with E-state index in [0.29, 0.717) is 17.4 Å². The summed E-state index contributed by atoms with van der Waals surface area (Å²) in [5.74, 6) is -1.67. The lowest BCUT2D eigenvalue weighted by Crippen LogP contribution is -2.17. The molecule has 0 saturated carbocycles. The van der Waals surface area contributed by atoms with Gasteiger partial charge in [0.15, 0.2) is 0 Å². The molecule has 0 aliphatic rings. The first kappa shape index (κ1) is 17.8. The highest BCUT2D eigenvalue weighted by Gasteiger charge is 2.33. The van der Waals surface area contributed by atoms with Crippen molar-refractivity contribution < 1.29 is 22.4 Å². The third kappa shape index (κ3) is 3.66. The molecule has 0 atom stereocenters. The lowest BCUT2D eigenvalue weighted by Gasteiger charge is -2.09. The summed E-state index contributed by atoms with van der Waals surface area (Å²) < 4.78 is 53.9. The third-order valence-electron chi connectivity index (χ3n) is 3.61. The van der Waals surface area contributed by atoms with Gasteiger partial charge < -0.3 is 5.32 Å². The Morgan fingerprint density at radius 3 is 2.73 bits per heavy atom. The van der Waals surface area contributed by atoms with Gasteiger partial charge in [0.1, 0.15) is 17.2 Å². The molecule has 0 radical (unpaired) electrons. The van der Waals surface area contributed by atoms with Crippen LogP contribution in [0.2, 0.25) is 0 Å². The predicted molar refractivity (Wildman–Crippen MR) is 87.2 cm³/mol. The van der Waals surface area contributed by atoms with E-state index in [4.69, 9.17) is 0 Å². The van der Waals surface area contributed by atoms with Gasteiger partial charge in [0.2, 0.25) is 0 Å². The first-order chi connectivity index (χ1) is 12.3. The van der Waals surface area contributed by atoms with Crippen LogP contribution in [0.1, 0.15) is 29.5 Å². The highest BCUT2D eigenvalue weighted by Crippen LogP contribution is 2.28. The minimum absolute atomic E-state index is 0.155. The van der Waals surface area contributed by atoms with E-state index < -0.39 is 29.3 Å². The number of rotatable bonds is 4. The van der Waals surface area contributed by atoms with Crippen LogP contribution in [0.3, 0.4) is 0 Å². The number of nitrogens with one attached hydrogen (secondary N) is 1. The van der Waals surface area contributed by atoms with Crippen LogP contribution in [0.25, 0.3) is 10.9 Å². The molecular weight excluding hydrogens is 352 g/mol. The van der Waals surface area contributed by atoms with E-state index in [-0.39, 0.29) is 5.69 Å². The molecule has 0 unspecified atom stereocenters. The minimum Gasteiger partial charge on any atom is -0.318 e. The molecule has 1 amide bonds. The van der Waals surface area contributed by atoms with E-state index in [1.54, 1.807) is 10.9 Å². The van der Waals surface area contributed by atoms with Gasteiger partial charge in [-0.25, -0.2) is 9.37 Å². The molecule has 2 aromatic heterocycles. The summed E-state index contributed by atoms with van der Waals surface area (Å²) in [4.78, 5) is 15.4. The number of carbonyl (C=O) groups excluding carboxylic acids is 1. The van der Waals surface area contributed by atoms with E-state index in [9.17, 15) is 22.4 Å². The van der Waals surface area contributed by atoms with E-state index in [1.165, 1.54) is 6.07 Å². The number of nitrogens with zero attached hydrogens (tertiary/aromatic N) is 3. The molecule has 26 heavy (non-hydrogen) atoms. The zero-order chi connectivity index (χ0) is 18.9. The first-order valence-corrected chi connectivity index (χ1v) is 7.80. The van der Waals surface area contributed by atoms with E-state index in [0.717, 1.165) is 30.7 Å². The molecule has 9 heteroatoms. The Bertz CT molecular complexity index is 965. The topological polar surface area (TPSA) is 59.8 Å². The fraction of sp³-hybridized carbons (Fsp3) is 0.235. The van der Waals surface area contributed by atoms with Crippen molar-refractivity contribution in [2.24, 2.45) is 0 Å². The quantitative estimate of drug-likeness (QED) is 0.702. The van der Waals surface area contributed by atoms with Crippen molar-refractivity contribution in [3.05, 3.63) is 53.7 Å². The Morgan fingerprint density at radius 2 is 2.04 bits per heavy atom. The molecule has 0 fully saturated rings. The largest absolute Gasteiger partial charge is 0.433 e. The summed E-state index contributed by atoms with van der Waals surface area (Å²) in [6.45, 7) is 2.63. The molecule has 1 N–H and O–H groups in total. The van der Waals surface area contributed by atoms with Crippen molar-refractivity contribution in [2.45, 2.75) is 26.1 Å². The number of hydrogen-bond acceptors (Lipinski definition) is 3. The second-order valence-corrected chi connectivity index (χ2v) is 5.64. The van der Waals surface area contributed by atoms with Crippen molar-refractivity contribution in [1.82, 2.24) is 14.8 Å². The van der Waals surface area contributed by atoms with Crippen LogP contribution < -0.4 is 5.32 Å². The fourth-order valence-electron chi connectivity index (χ4n) is 2.44. The number of aryl methyl sites for hydroxylation is 1. The molecule has 0 bridgehead atoms. The molecule has 3 rings (SSSR count). The van der Waals surface area contributed by atoms with E-state index in [1.807, 2.05) is 6.92 Å². The fourth-order valence-corrected chi connectivity index (χ4v) is 2.44. The van der Waals surface area contributed by atoms with Gasteiger partial charge in [-0.05, 0) is 24.6 Å². The average Bonchev–Trinajstić information content (AvgIpc) is 2.96. The minimum atomic E-state index is -4.67. The maximum absolute atomic E-state index is 14.2. The van der Waals surface area contributed by atoms with Crippen molar-refractivity contribution >= 4 is 22.5 Å². The maximum atomic E-state index is 14.2. The van der Waals surface area contributed by atoms with Crippen molar-refractivity contribution in [1.29, 1.82) is 0 Å². The Hall–Kier alpha value is -2.97. The summed E-state index contributed by atoms with van der Waals surface area (Å²) in [5.41, 5.74) is -1.38. The van der Waals surface area contributed by atoms with Gasteiger partial charge in [0.05, 0.1) is 11.2 Å². The lowest BCUT2D eigenvalue weighted by molar-refractivity contribution is -0.141. The van der Waals surface area contributed by atoms with E-state index >= 15 is 0 Å². The second-order valence-electron chi connectivity index (χ2n) is 5.64. The molecule has 0 spiro atoms. The summed E-state index contributed by atoms with van der Waals surface area (Å²) in [6, 6.07) is 5.50. The highest BCUT2D eigenvalue weighted by atomic mass is 19.4. The Balaban J connectivity index is 1.88. The normalized spacial score (nSPS) is 11.7. The number of amides is 1. The number of anilines is 1. The van der Waals surface area contributed by atoms with Gasteiger partial charge in [-0.3, -0.25) is 9.48 Å². The number of aromatic nitrogens is 3. The van der Waals surface area contributed by atoms with Crippen molar-refractivity contribution in [2.75, 3.05) is 5.32 Å². The van der Waals surface area contributed by atoms with Gasteiger partial charge >= 0.3 is 6.18 Å². The van der Waals surface area contributed by atoms with Crippen LogP contribution in [0.15, 0.2) is 36.5 Å². The molecule has 1 aromatic carbocycles. The molecule has 0 aliphatic carbocycles. The molecule has 0 saturated heterocycles. The summed E-state index contributed by atoms with van der Waals surface area (Å²) in [7, 11) is 0. The van der Waals surface area contributed by atoms with Gasteiger partial charge in [-0.2, -0.15) is 18.3 Å². The SMILES string of the molecule is CCCn1cc2cc(NC(=O)c3cccc(C(F)(F)F)n3)c(F)cc2n1. The van der Waals surface area contributed by atoms with Crippen LogP contribution in [0.4, 0.5) is 23.2 Å². The van der Waals surface area contributed by atoms with Crippen molar-refractivity contribution in [3.63, 3.8) is 0 Å². The van der Waals surface area contributed by atoms with Crippen molar-refractivity contribution in [3.8, 4) is 0 Å². The van der Waals surface area contributed by atoms with Crippen LogP contribution in [-0.4, -0.2) is 20.7 Å². The lowest BCUT2D eigenvalue weighted by atomic mass is 10.2. The number of alkyl halides is 3. The smallest absolute Gasteiger partial charge is 0.318 e. The summed E-state index contributed by atoms with van der Waals surface area (Å²) in [6.07, 6.45) is -2.12. The van der Waals surface area contributed by atoms with Crippen LogP contribution in [0.5, 0.6) is 0 Å². The maximum Gasteiger partial charge on any atom is 0.433 e. The number of pyridine rings is 1. The highest BCUT2D eigenvalue weighted by molar-refractivity contribution is 6.03. The van der Waals surface area contributed by atoms with Crippen LogP contribution in [0, 0.1) is 5.82 Å². The Morgan fingerprint density at radius 1 is 1.27 bits per heavy atom. The number of hydrogen-bond donors (Lipinski definition) is 1. The van der Waals surface area contributed by atoms with Gasteiger partial charge in [-0.1, -0.05) is 13.0 Å². The molecule has 2 heterocycles. The van der Waals surface area contributed by atoms with Gasteiger partial charge in [-0.15, -0.1) is 0 Å². The molecular formula is C17H14F4N4O.